The highest BCUT2D eigenvalue weighted by atomic mass is 79.9. The summed E-state index contributed by atoms with van der Waals surface area (Å²) in [4.78, 5) is 0.863. The van der Waals surface area contributed by atoms with E-state index in [1.165, 1.54) is 44.9 Å². The van der Waals surface area contributed by atoms with Crippen LogP contribution in [0.3, 0.4) is 0 Å². The third-order valence-electron chi connectivity index (χ3n) is 3.40. The summed E-state index contributed by atoms with van der Waals surface area (Å²) in [6.07, 6.45) is 10.4. The Bertz CT molecular complexity index is 119. The van der Waals surface area contributed by atoms with E-state index in [1.54, 1.807) is 0 Å². The predicted octanol–water partition coefficient (Wildman–Crippen LogP) is 3.49. The summed E-state index contributed by atoms with van der Waals surface area (Å²) >= 11 is 3.82. The first kappa shape index (κ1) is 7.15. The maximum Gasteiger partial charge on any atom is 0.0202 e. The van der Waals surface area contributed by atoms with E-state index in [4.69, 9.17) is 0 Å². The Balaban J connectivity index is 2.11. The van der Waals surface area contributed by atoms with Gasteiger partial charge in [-0.25, -0.2) is 0 Å². The molecule has 2 rings (SSSR count). The SMILES string of the molecule is BrC1CCCC12CCCC2. The van der Waals surface area contributed by atoms with Crippen LogP contribution in [0.25, 0.3) is 0 Å². The standard InChI is InChI=1S/C9H15Br/c10-8-4-3-7-9(8)5-1-2-6-9/h8H,1-7H2. The smallest absolute Gasteiger partial charge is 0.0202 e. The van der Waals surface area contributed by atoms with E-state index in [0.29, 0.717) is 0 Å². The first-order chi connectivity index (χ1) is 4.83. The van der Waals surface area contributed by atoms with Crippen molar-refractivity contribution in [2.45, 2.75) is 49.8 Å². The maximum absolute atomic E-state index is 3.82. The molecule has 0 bridgehead atoms. The number of hydrogen-bond acceptors (Lipinski definition) is 0. The average molecular weight is 203 g/mol. The molecule has 1 unspecified atom stereocenters. The molecular weight excluding hydrogens is 188 g/mol. The van der Waals surface area contributed by atoms with E-state index in [9.17, 15) is 0 Å². The molecule has 0 aromatic heterocycles. The van der Waals surface area contributed by atoms with Crippen LogP contribution in [-0.2, 0) is 0 Å². The highest BCUT2D eigenvalue weighted by molar-refractivity contribution is 9.09. The number of alkyl halides is 1. The normalized spacial score (nSPS) is 37.5. The Morgan fingerprint density at radius 3 is 2.10 bits per heavy atom. The van der Waals surface area contributed by atoms with E-state index < -0.39 is 0 Å². The molecule has 0 N–H and O–H groups in total. The summed E-state index contributed by atoms with van der Waals surface area (Å²) in [5.74, 6) is 0. The van der Waals surface area contributed by atoms with Gasteiger partial charge in [-0.05, 0) is 31.1 Å². The third-order valence-corrected chi connectivity index (χ3v) is 4.83. The molecule has 0 saturated heterocycles. The van der Waals surface area contributed by atoms with Gasteiger partial charge in [0.1, 0.15) is 0 Å². The van der Waals surface area contributed by atoms with Crippen LogP contribution in [0, 0.1) is 5.41 Å². The number of halogens is 1. The average Bonchev–Trinajstić information content (AvgIpc) is 2.48. The topological polar surface area (TPSA) is 0 Å². The zero-order valence-electron chi connectivity index (χ0n) is 6.41. The van der Waals surface area contributed by atoms with Gasteiger partial charge >= 0.3 is 0 Å². The van der Waals surface area contributed by atoms with Gasteiger partial charge < -0.3 is 0 Å². The minimum absolute atomic E-state index is 0.764. The second-order valence-electron chi connectivity index (χ2n) is 3.93. The molecule has 0 heterocycles. The zero-order valence-corrected chi connectivity index (χ0v) is 7.99. The summed E-state index contributed by atoms with van der Waals surface area (Å²) in [6, 6.07) is 0. The first-order valence-corrected chi connectivity index (χ1v) is 5.39. The van der Waals surface area contributed by atoms with Gasteiger partial charge in [0.2, 0.25) is 0 Å². The molecule has 1 heteroatoms. The van der Waals surface area contributed by atoms with Gasteiger partial charge in [-0.15, -0.1) is 0 Å². The molecule has 0 aromatic carbocycles. The Morgan fingerprint density at radius 1 is 1.00 bits per heavy atom. The Labute approximate surface area is 71.5 Å². The van der Waals surface area contributed by atoms with Crippen molar-refractivity contribution >= 4 is 15.9 Å². The van der Waals surface area contributed by atoms with E-state index in [0.717, 1.165) is 10.2 Å². The molecule has 58 valence electrons. The van der Waals surface area contributed by atoms with E-state index in [2.05, 4.69) is 15.9 Å². The van der Waals surface area contributed by atoms with Crippen molar-refractivity contribution in [3.8, 4) is 0 Å². The van der Waals surface area contributed by atoms with E-state index in [-0.39, 0.29) is 0 Å². The Hall–Kier alpha value is 0.480. The quantitative estimate of drug-likeness (QED) is 0.528. The van der Waals surface area contributed by atoms with Gasteiger partial charge in [0.25, 0.3) is 0 Å². The second-order valence-corrected chi connectivity index (χ2v) is 5.03. The molecule has 2 aliphatic rings. The van der Waals surface area contributed by atoms with Crippen LogP contribution >= 0.6 is 15.9 Å². The Kier molecular flexibility index (Phi) is 1.79. The molecule has 2 aliphatic carbocycles. The van der Waals surface area contributed by atoms with Crippen molar-refractivity contribution in [2.24, 2.45) is 5.41 Å². The lowest BCUT2D eigenvalue weighted by molar-refractivity contribution is 0.322. The molecule has 0 radical (unpaired) electrons. The van der Waals surface area contributed by atoms with Crippen molar-refractivity contribution in [1.82, 2.24) is 0 Å². The fraction of sp³-hybridized carbons (Fsp3) is 1.00. The lowest BCUT2D eigenvalue weighted by Gasteiger charge is -2.26. The molecule has 0 amide bonds. The van der Waals surface area contributed by atoms with Gasteiger partial charge in [-0.1, -0.05) is 35.2 Å². The highest BCUT2D eigenvalue weighted by Gasteiger charge is 2.42. The van der Waals surface area contributed by atoms with Gasteiger partial charge in [-0.3, -0.25) is 0 Å². The summed E-state index contributed by atoms with van der Waals surface area (Å²) in [6.45, 7) is 0. The van der Waals surface area contributed by atoms with Crippen LogP contribution < -0.4 is 0 Å². The van der Waals surface area contributed by atoms with Crippen LogP contribution in [0.5, 0.6) is 0 Å². The first-order valence-electron chi connectivity index (χ1n) is 4.48. The largest absolute Gasteiger partial charge is 0.0885 e. The fourth-order valence-electron chi connectivity index (χ4n) is 2.74. The molecule has 10 heavy (non-hydrogen) atoms. The van der Waals surface area contributed by atoms with Gasteiger partial charge in [0.15, 0.2) is 0 Å². The molecule has 1 atom stereocenters. The molecule has 0 aliphatic heterocycles. The minimum atomic E-state index is 0.764. The molecule has 2 saturated carbocycles. The molecule has 2 fully saturated rings. The predicted molar refractivity (Wildman–Crippen MR) is 47.5 cm³/mol. The second kappa shape index (κ2) is 2.51. The summed E-state index contributed by atoms with van der Waals surface area (Å²) in [5, 5.41) is 0. The number of rotatable bonds is 0. The highest BCUT2D eigenvalue weighted by Crippen LogP contribution is 2.53. The maximum atomic E-state index is 3.82. The third kappa shape index (κ3) is 0.939. The van der Waals surface area contributed by atoms with Crippen LogP contribution in [-0.4, -0.2) is 4.83 Å². The molecule has 0 aromatic rings. The zero-order chi connectivity index (χ0) is 7.03. The lowest BCUT2D eigenvalue weighted by Crippen LogP contribution is -2.21. The summed E-state index contributed by atoms with van der Waals surface area (Å²) in [7, 11) is 0. The minimum Gasteiger partial charge on any atom is -0.0885 e. The van der Waals surface area contributed by atoms with Crippen molar-refractivity contribution < 1.29 is 0 Å². The monoisotopic (exact) mass is 202 g/mol. The van der Waals surface area contributed by atoms with Crippen LogP contribution in [0.4, 0.5) is 0 Å². The van der Waals surface area contributed by atoms with Crippen LogP contribution in [0.2, 0.25) is 0 Å². The molecule has 0 nitrogen and oxygen atoms in total. The van der Waals surface area contributed by atoms with Crippen molar-refractivity contribution in [3.05, 3.63) is 0 Å². The Morgan fingerprint density at radius 2 is 1.60 bits per heavy atom. The number of hydrogen-bond donors (Lipinski definition) is 0. The van der Waals surface area contributed by atoms with E-state index in [1.807, 2.05) is 0 Å². The van der Waals surface area contributed by atoms with Crippen molar-refractivity contribution in [2.75, 3.05) is 0 Å². The van der Waals surface area contributed by atoms with Gasteiger partial charge in [0.05, 0.1) is 0 Å². The summed E-state index contributed by atoms with van der Waals surface area (Å²) < 4.78 is 0. The van der Waals surface area contributed by atoms with Crippen molar-refractivity contribution in [3.63, 3.8) is 0 Å². The lowest BCUT2D eigenvalue weighted by atomic mass is 9.85. The van der Waals surface area contributed by atoms with Crippen LogP contribution in [0.15, 0.2) is 0 Å². The fourth-order valence-corrected chi connectivity index (χ4v) is 3.75. The van der Waals surface area contributed by atoms with E-state index >= 15 is 0 Å². The van der Waals surface area contributed by atoms with Gasteiger partial charge in [0, 0.05) is 4.83 Å². The van der Waals surface area contributed by atoms with Gasteiger partial charge in [-0.2, -0.15) is 0 Å². The summed E-state index contributed by atoms with van der Waals surface area (Å²) in [5.41, 5.74) is 0.764. The van der Waals surface area contributed by atoms with Crippen molar-refractivity contribution in [1.29, 1.82) is 0 Å². The van der Waals surface area contributed by atoms with Crippen LogP contribution in [0.1, 0.15) is 44.9 Å². The molecular formula is C9H15Br. The molecule has 1 spiro atoms.